The van der Waals surface area contributed by atoms with E-state index >= 15 is 0 Å². The molecule has 3 saturated carbocycles. The van der Waals surface area contributed by atoms with E-state index in [9.17, 15) is 0 Å². The van der Waals surface area contributed by atoms with Crippen molar-refractivity contribution in [3.05, 3.63) is 22.8 Å². The summed E-state index contributed by atoms with van der Waals surface area (Å²) in [4.78, 5) is 5.52. The van der Waals surface area contributed by atoms with E-state index in [0.717, 1.165) is 47.7 Å². The van der Waals surface area contributed by atoms with Crippen LogP contribution in [0.15, 0.2) is 22.8 Å². The zero-order valence-corrected chi connectivity index (χ0v) is 22.7. The van der Waals surface area contributed by atoms with Crippen molar-refractivity contribution in [2.45, 2.75) is 111 Å². The molecule has 0 amide bonds. The molecule has 2 saturated heterocycles. The summed E-state index contributed by atoms with van der Waals surface area (Å²) in [6.45, 7) is 14.1. The fraction of sp³-hybridized carbons (Fsp3) is 0.871. The van der Waals surface area contributed by atoms with Gasteiger partial charge in [0, 0.05) is 24.7 Å². The van der Waals surface area contributed by atoms with Gasteiger partial charge >= 0.3 is 0 Å². The first-order valence-electron chi connectivity index (χ1n) is 14.4. The lowest BCUT2D eigenvalue weighted by atomic mass is 9.47. The number of fused-ring (bicyclic) bond motifs is 9. The quantitative estimate of drug-likeness (QED) is 0.400. The lowest BCUT2D eigenvalue weighted by Crippen LogP contribution is -2.54. The molecular formula is C31H50N2. The second kappa shape index (κ2) is 7.70. The molecule has 2 heteroatoms. The van der Waals surface area contributed by atoms with Crippen LogP contribution >= 0.6 is 0 Å². The van der Waals surface area contributed by atoms with Crippen molar-refractivity contribution in [3.63, 3.8) is 0 Å². The monoisotopic (exact) mass is 450 g/mol. The molecule has 5 fully saturated rings. The van der Waals surface area contributed by atoms with Crippen molar-refractivity contribution >= 4 is 0 Å². The van der Waals surface area contributed by atoms with Gasteiger partial charge < -0.3 is 4.90 Å². The van der Waals surface area contributed by atoms with Crippen LogP contribution in [-0.4, -0.2) is 48.6 Å². The Morgan fingerprint density at radius 1 is 1.00 bits per heavy atom. The van der Waals surface area contributed by atoms with Crippen molar-refractivity contribution in [1.29, 1.82) is 0 Å². The fourth-order valence-electron chi connectivity index (χ4n) is 10.9. The summed E-state index contributed by atoms with van der Waals surface area (Å²) >= 11 is 0. The summed E-state index contributed by atoms with van der Waals surface area (Å²) in [5.74, 6) is 4.41. The second-order valence-corrected chi connectivity index (χ2v) is 14.3. The highest BCUT2D eigenvalue weighted by molar-refractivity contribution is 5.32. The van der Waals surface area contributed by atoms with Gasteiger partial charge in [-0.05, 0) is 126 Å². The van der Waals surface area contributed by atoms with E-state index in [1.54, 1.807) is 11.1 Å². The molecule has 0 aromatic heterocycles. The van der Waals surface area contributed by atoms with Gasteiger partial charge in [-0.15, -0.1) is 0 Å². The molecule has 7 unspecified atom stereocenters. The Balaban J connectivity index is 1.32. The van der Waals surface area contributed by atoms with E-state index in [2.05, 4.69) is 64.6 Å². The van der Waals surface area contributed by atoms with Crippen LogP contribution in [0.2, 0.25) is 0 Å². The summed E-state index contributed by atoms with van der Waals surface area (Å²) in [6, 6.07) is 2.40. The van der Waals surface area contributed by atoms with Crippen molar-refractivity contribution in [2.75, 3.05) is 20.6 Å². The van der Waals surface area contributed by atoms with Crippen LogP contribution in [0.4, 0.5) is 0 Å². The Morgan fingerprint density at radius 2 is 1.76 bits per heavy atom. The van der Waals surface area contributed by atoms with Gasteiger partial charge in [-0.1, -0.05) is 43.6 Å². The maximum atomic E-state index is 3.02. The zero-order chi connectivity index (χ0) is 23.3. The van der Waals surface area contributed by atoms with Crippen molar-refractivity contribution in [3.8, 4) is 0 Å². The minimum Gasteiger partial charge on any atom is -0.306 e. The number of hydrogen-bond acceptors (Lipinski definition) is 2. The topological polar surface area (TPSA) is 6.48 Å². The normalized spacial score (nSPS) is 51.4. The summed E-state index contributed by atoms with van der Waals surface area (Å²) < 4.78 is 0. The standard InChI is InChI=1S/C31H50N2/c1-19(2)23-12-15-33-27(23)16-20(3)29-28(33)18-26-24-9-8-21-17-22(32(6)7)10-13-30(21,4)25(24)11-14-31(26,29)5/h9,20-22,25-29H,8,10-18H2,1-7H3/t20?,21?,22?,25?,26?,27?,28-,29?,30-,31-/m0/s1. The van der Waals surface area contributed by atoms with Gasteiger partial charge in [-0.3, -0.25) is 4.90 Å². The summed E-state index contributed by atoms with van der Waals surface area (Å²) in [5, 5.41) is 0. The third-order valence-electron chi connectivity index (χ3n) is 12.6. The van der Waals surface area contributed by atoms with Gasteiger partial charge in [0.15, 0.2) is 0 Å². The van der Waals surface area contributed by atoms with Gasteiger partial charge in [0.2, 0.25) is 0 Å². The Hall–Kier alpha value is -0.600. The highest BCUT2D eigenvalue weighted by Crippen LogP contribution is 2.69. The van der Waals surface area contributed by atoms with Gasteiger partial charge in [-0.2, -0.15) is 0 Å². The van der Waals surface area contributed by atoms with Crippen LogP contribution in [0, 0.1) is 40.4 Å². The van der Waals surface area contributed by atoms with Crippen molar-refractivity contribution in [1.82, 2.24) is 9.80 Å². The number of nitrogens with zero attached hydrogens (tertiary/aromatic N) is 2. The van der Waals surface area contributed by atoms with Crippen molar-refractivity contribution in [2.24, 2.45) is 40.4 Å². The second-order valence-electron chi connectivity index (χ2n) is 14.3. The van der Waals surface area contributed by atoms with Gasteiger partial charge in [0.05, 0.1) is 0 Å². The van der Waals surface area contributed by atoms with Crippen LogP contribution in [0.25, 0.3) is 0 Å². The van der Waals surface area contributed by atoms with Crippen LogP contribution in [0.5, 0.6) is 0 Å². The highest BCUT2D eigenvalue weighted by atomic mass is 15.2. The number of allylic oxidation sites excluding steroid dienone is 3. The van der Waals surface area contributed by atoms with E-state index < -0.39 is 0 Å². The van der Waals surface area contributed by atoms with E-state index in [4.69, 9.17) is 0 Å². The largest absolute Gasteiger partial charge is 0.306 e. The molecule has 0 N–H and O–H groups in total. The molecule has 6 aliphatic rings. The molecule has 2 nitrogen and oxygen atoms in total. The first-order chi connectivity index (χ1) is 15.6. The molecule has 0 bridgehead atoms. The molecule has 0 radical (unpaired) electrons. The lowest BCUT2D eigenvalue weighted by Gasteiger charge is -2.58. The fourth-order valence-corrected chi connectivity index (χ4v) is 10.9. The molecule has 6 rings (SSSR count). The smallest absolute Gasteiger partial charge is 0.0316 e. The number of hydrogen-bond donors (Lipinski definition) is 0. The summed E-state index contributed by atoms with van der Waals surface area (Å²) in [7, 11) is 4.61. The van der Waals surface area contributed by atoms with Crippen LogP contribution in [0.1, 0.15) is 92.4 Å². The van der Waals surface area contributed by atoms with Gasteiger partial charge in [-0.25, -0.2) is 0 Å². The van der Waals surface area contributed by atoms with Gasteiger partial charge in [0.25, 0.3) is 0 Å². The Kier molecular flexibility index (Phi) is 5.33. The molecule has 0 spiro atoms. The summed E-state index contributed by atoms with van der Waals surface area (Å²) in [6.07, 6.45) is 15.6. The maximum Gasteiger partial charge on any atom is 0.0316 e. The maximum absolute atomic E-state index is 3.02. The van der Waals surface area contributed by atoms with E-state index in [0.29, 0.717) is 10.8 Å². The van der Waals surface area contributed by atoms with Crippen LogP contribution < -0.4 is 0 Å². The van der Waals surface area contributed by atoms with Gasteiger partial charge in [0.1, 0.15) is 0 Å². The Bertz CT molecular complexity index is 864. The Morgan fingerprint density at radius 3 is 2.48 bits per heavy atom. The third-order valence-corrected chi connectivity index (χ3v) is 12.6. The Labute approximate surface area is 204 Å². The molecule has 184 valence electrons. The first-order valence-corrected chi connectivity index (χ1v) is 14.4. The molecule has 2 heterocycles. The molecule has 4 aliphatic carbocycles. The van der Waals surface area contributed by atoms with E-state index in [-0.39, 0.29) is 0 Å². The van der Waals surface area contributed by atoms with Crippen molar-refractivity contribution < 1.29 is 0 Å². The SMILES string of the molecule is CC(C)=C1CCN2C1CC(C)C1[C@@H]2CC2C3=CCC4CC(N(C)C)CC[C@]4(C)C3CC[C@@]21C. The molecule has 0 aromatic carbocycles. The summed E-state index contributed by atoms with van der Waals surface area (Å²) in [5.41, 5.74) is 6.45. The van der Waals surface area contributed by atoms with Crippen LogP contribution in [-0.2, 0) is 0 Å². The molecule has 10 atom stereocenters. The molecular weight excluding hydrogens is 400 g/mol. The van der Waals surface area contributed by atoms with Crippen LogP contribution in [0.3, 0.4) is 0 Å². The number of piperidine rings is 1. The minimum absolute atomic E-state index is 0.537. The molecule has 0 aromatic rings. The zero-order valence-electron chi connectivity index (χ0n) is 22.7. The first kappa shape index (κ1) is 22.8. The lowest BCUT2D eigenvalue weighted by molar-refractivity contribution is -0.0383. The number of rotatable bonds is 1. The van der Waals surface area contributed by atoms with E-state index in [1.807, 2.05) is 5.57 Å². The molecule has 33 heavy (non-hydrogen) atoms. The van der Waals surface area contributed by atoms with E-state index in [1.165, 1.54) is 64.3 Å². The highest BCUT2D eigenvalue weighted by Gasteiger charge is 2.63. The third kappa shape index (κ3) is 3.11. The predicted molar refractivity (Wildman–Crippen MR) is 139 cm³/mol. The predicted octanol–water partition coefficient (Wildman–Crippen LogP) is 6.92. The average Bonchev–Trinajstić information content (AvgIpc) is 3.32. The molecule has 2 aliphatic heterocycles. The average molecular weight is 451 g/mol. The minimum atomic E-state index is 0.537.